The van der Waals surface area contributed by atoms with Gasteiger partial charge in [-0.25, -0.2) is 8.78 Å². The Morgan fingerprint density at radius 1 is 0.960 bits per heavy atom. The van der Waals surface area contributed by atoms with E-state index in [2.05, 4.69) is 4.90 Å². The zero-order valence-corrected chi connectivity index (χ0v) is 13.8. The Kier molecular flexibility index (Phi) is 5.16. The van der Waals surface area contributed by atoms with Crippen LogP contribution in [-0.4, -0.2) is 42.1 Å². The number of phenolic OH excluding ortho intramolecular Hbond substituents is 1. The summed E-state index contributed by atoms with van der Waals surface area (Å²) in [7, 11) is 0. The summed E-state index contributed by atoms with van der Waals surface area (Å²) in [6.07, 6.45) is 0.159. The first-order chi connectivity index (χ1) is 12.0. The van der Waals surface area contributed by atoms with E-state index in [-0.39, 0.29) is 30.1 Å². The summed E-state index contributed by atoms with van der Waals surface area (Å²) in [5.41, 5.74) is 0.969. The number of carbonyl (C=O) groups is 1. The van der Waals surface area contributed by atoms with E-state index in [0.29, 0.717) is 26.2 Å². The minimum absolute atomic E-state index is 0.0291. The summed E-state index contributed by atoms with van der Waals surface area (Å²) in [6, 6.07) is 10.7. The van der Waals surface area contributed by atoms with Gasteiger partial charge in [0, 0.05) is 43.9 Å². The van der Waals surface area contributed by atoms with E-state index < -0.39 is 11.6 Å². The van der Waals surface area contributed by atoms with E-state index in [1.54, 1.807) is 17.0 Å². The first kappa shape index (κ1) is 17.2. The van der Waals surface area contributed by atoms with Crippen molar-refractivity contribution in [1.29, 1.82) is 0 Å². The number of anilines is 1. The highest BCUT2D eigenvalue weighted by atomic mass is 19.1. The van der Waals surface area contributed by atoms with Crippen molar-refractivity contribution in [3.8, 4) is 5.75 Å². The molecule has 1 aliphatic heterocycles. The molecule has 0 bridgehead atoms. The topological polar surface area (TPSA) is 43.8 Å². The fourth-order valence-corrected chi connectivity index (χ4v) is 3.04. The average molecular weight is 346 g/mol. The molecular weight excluding hydrogens is 326 g/mol. The molecule has 25 heavy (non-hydrogen) atoms. The normalized spacial score (nSPS) is 14.6. The highest BCUT2D eigenvalue weighted by molar-refractivity contribution is 5.76. The maximum atomic E-state index is 13.6. The number of halogens is 2. The van der Waals surface area contributed by atoms with Crippen molar-refractivity contribution in [1.82, 2.24) is 4.90 Å². The molecule has 0 aromatic heterocycles. The second-order valence-electron chi connectivity index (χ2n) is 6.08. The Morgan fingerprint density at radius 3 is 2.16 bits per heavy atom. The predicted molar refractivity (Wildman–Crippen MR) is 91.6 cm³/mol. The Bertz CT molecular complexity index is 721. The van der Waals surface area contributed by atoms with Gasteiger partial charge in [-0.15, -0.1) is 0 Å². The van der Waals surface area contributed by atoms with E-state index in [0.717, 1.165) is 5.69 Å². The highest BCUT2D eigenvalue weighted by Gasteiger charge is 2.22. The Balaban J connectivity index is 1.52. The van der Waals surface area contributed by atoms with E-state index in [1.165, 1.54) is 18.2 Å². The van der Waals surface area contributed by atoms with E-state index in [9.17, 15) is 18.7 Å². The molecule has 2 aromatic rings. The van der Waals surface area contributed by atoms with Crippen molar-refractivity contribution >= 4 is 11.6 Å². The molecule has 0 saturated carbocycles. The maximum absolute atomic E-state index is 13.6. The molecule has 2 aromatic carbocycles. The molecule has 132 valence electrons. The quantitative estimate of drug-likeness (QED) is 0.926. The van der Waals surface area contributed by atoms with Gasteiger partial charge in [0.15, 0.2) is 0 Å². The summed E-state index contributed by atoms with van der Waals surface area (Å²) >= 11 is 0. The standard InChI is InChI=1S/C19H20F2N2O2/c20-17-2-1-3-18(21)16(17)8-9-19(25)23-12-10-22(11-13-23)14-4-6-15(24)7-5-14/h1-7,24H,8-13H2. The molecule has 1 fully saturated rings. The van der Waals surface area contributed by atoms with Crippen molar-refractivity contribution in [3.63, 3.8) is 0 Å². The molecule has 1 saturated heterocycles. The van der Waals surface area contributed by atoms with Crippen LogP contribution in [0.4, 0.5) is 14.5 Å². The lowest BCUT2D eigenvalue weighted by Crippen LogP contribution is -2.48. The van der Waals surface area contributed by atoms with Crippen LogP contribution < -0.4 is 4.90 Å². The molecule has 1 heterocycles. The number of amides is 1. The number of nitrogens with zero attached hydrogens (tertiary/aromatic N) is 2. The van der Waals surface area contributed by atoms with Gasteiger partial charge in [0.2, 0.25) is 5.91 Å². The number of hydrogen-bond donors (Lipinski definition) is 1. The lowest BCUT2D eigenvalue weighted by Gasteiger charge is -2.36. The molecule has 4 nitrogen and oxygen atoms in total. The number of rotatable bonds is 4. The van der Waals surface area contributed by atoms with Crippen LogP contribution in [0.5, 0.6) is 5.75 Å². The highest BCUT2D eigenvalue weighted by Crippen LogP contribution is 2.20. The predicted octanol–water partition coefficient (Wildman–Crippen LogP) is 2.95. The molecule has 0 spiro atoms. The molecule has 0 radical (unpaired) electrons. The Labute approximate surface area is 145 Å². The van der Waals surface area contributed by atoms with Gasteiger partial charge in [0.05, 0.1) is 0 Å². The van der Waals surface area contributed by atoms with Gasteiger partial charge in [-0.1, -0.05) is 6.07 Å². The van der Waals surface area contributed by atoms with Gasteiger partial charge >= 0.3 is 0 Å². The fraction of sp³-hybridized carbons (Fsp3) is 0.316. The molecule has 1 aliphatic rings. The molecule has 6 heteroatoms. The van der Waals surface area contributed by atoms with Crippen LogP contribution in [0.25, 0.3) is 0 Å². The zero-order chi connectivity index (χ0) is 17.8. The summed E-state index contributed by atoms with van der Waals surface area (Å²) in [6.45, 7) is 2.51. The third-order valence-electron chi connectivity index (χ3n) is 4.50. The Morgan fingerprint density at radius 2 is 1.56 bits per heavy atom. The van der Waals surface area contributed by atoms with Crippen LogP contribution in [0, 0.1) is 11.6 Å². The second kappa shape index (κ2) is 7.51. The summed E-state index contributed by atoms with van der Waals surface area (Å²) in [5.74, 6) is -1.08. The molecular formula is C19H20F2N2O2. The number of phenols is 1. The third-order valence-corrected chi connectivity index (χ3v) is 4.50. The molecule has 1 amide bonds. The van der Waals surface area contributed by atoms with Crippen molar-refractivity contribution in [2.24, 2.45) is 0 Å². The smallest absolute Gasteiger partial charge is 0.223 e. The third kappa shape index (κ3) is 4.07. The second-order valence-corrected chi connectivity index (χ2v) is 6.08. The van der Waals surface area contributed by atoms with Crippen molar-refractivity contribution in [2.75, 3.05) is 31.1 Å². The molecule has 1 N–H and O–H groups in total. The van der Waals surface area contributed by atoms with Crippen molar-refractivity contribution in [2.45, 2.75) is 12.8 Å². The van der Waals surface area contributed by atoms with Crippen molar-refractivity contribution in [3.05, 3.63) is 59.7 Å². The van der Waals surface area contributed by atoms with Gasteiger partial charge in [0.25, 0.3) is 0 Å². The minimum atomic E-state index is -0.607. The maximum Gasteiger partial charge on any atom is 0.223 e. The van der Waals surface area contributed by atoms with Gasteiger partial charge in [-0.2, -0.15) is 0 Å². The monoisotopic (exact) mass is 346 g/mol. The zero-order valence-electron chi connectivity index (χ0n) is 13.8. The van der Waals surface area contributed by atoms with E-state index >= 15 is 0 Å². The molecule has 3 rings (SSSR count). The van der Waals surface area contributed by atoms with Gasteiger partial charge in [-0.05, 0) is 42.8 Å². The number of carbonyl (C=O) groups excluding carboxylic acids is 1. The van der Waals surface area contributed by atoms with Crippen LogP contribution in [-0.2, 0) is 11.2 Å². The molecule has 0 aliphatic carbocycles. The van der Waals surface area contributed by atoms with Crippen LogP contribution in [0.1, 0.15) is 12.0 Å². The fourth-order valence-electron chi connectivity index (χ4n) is 3.04. The van der Waals surface area contributed by atoms with Crippen LogP contribution in [0.2, 0.25) is 0 Å². The van der Waals surface area contributed by atoms with E-state index in [1.807, 2.05) is 12.1 Å². The summed E-state index contributed by atoms with van der Waals surface area (Å²) in [4.78, 5) is 16.2. The van der Waals surface area contributed by atoms with Crippen LogP contribution in [0.15, 0.2) is 42.5 Å². The summed E-state index contributed by atoms with van der Waals surface area (Å²) < 4.78 is 27.2. The van der Waals surface area contributed by atoms with Crippen LogP contribution >= 0.6 is 0 Å². The number of aromatic hydroxyl groups is 1. The molecule has 0 unspecified atom stereocenters. The number of piperazine rings is 1. The Hall–Kier alpha value is -2.63. The minimum Gasteiger partial charge on any atom is -0.508 e. The van der Waals surface area contributed by atoms with Gasteiger partial charge in [0.1, 0.15) is 17.4 Å². The van der Waals surface area contributed by atoms with Gasteiger partial charge in [-0.3, -0.25) is 4.79 Å². The summed E-state index contributed by atoms with van der Waals surface area (Å²) in [5, 5.41) is 9.34. The van der Waals surface area contributed by atoms with Gasteiger partial charge < -0.3 is 14.9 Å². The first-order valence-corrected chi connectivity index (χ1v) is 8.29. The molecule has 0 atom stereocenters. The van der Waals surface area contributed by atoms with Crippen molar-refractivity contribution < 1.29 is 18.7 Å². The van der Waals surface area contributed by atoms with Crippen LogP contribution in [0.3, 0.4) is 0 Å². The van der Waals surface area contributed by atoms with E-state index in [4.69, 9.17) is 0 Å². The largest absolute Gasteiger partial charge is 0.508 e. The number of hydrogen-bond acceptors (Lipinski definition) is 3. The SMILES string of the molecule is O=C(CCc1c(F)cccc1F)N1CCN(c2ccc(O)cc2)CC1. The average Bonchev–Trinajstić information content (AvgIpc) is 2.62. The number of benzene rings is 2. The first-order valence-electron chi connectivity index (χ1n) is 8.29. The lowest BCUT2D eigenvalue weighted by molar-refractivity contribution is -0.131. The lowest BCUT2D eigenvalue weighted by atomic mass is 10.1.